The maximum absolute atomic E-state index is 2.54. The molecule has 0 radical (unpaired) electrons. The van der Waals surface area contributed by atoms with Crippen molar-refractivity contribution in [3.8, 4) is 0 Å². The second kappa shape index (κ2) is 20.4. The molecule has 4 heteroatoms. The summed E-state index contributed by atoms with van der Waals surface area (Å²) in [7, 11) is 9.99. The first-order valence-corrected chi connectivity index (χ1v) is 19.1. The highest BCUT2D eigenvalue weighted by atomic mass is 79.9. The van der Waals surface area contributed by atoms with Gasteiger partial charge in [0.2, 0.25) is 0 Å². The molecule has 0 aromatic rings. The highest BCUT2D eigenvalue weighted by Gasteiger charge is 2.38. The van der Waals surface area contributed by atoms with Gasteiger partial charge in [0.25, 0.3) is 0 Å². The van der Waals surface area contributed by atoms with Crippen LogP contribution >= 0.6 is 0 Å². The van der Waals surface area contributed by atoms with Crippen molar-refractivity contribution in [1.29, 1.82) is 0 Å². The summed E-state index contributed by atoms with van der Waals surface area (Å²) in [5, 5.41) is 0. The van der Waals surface area contributed by atoms with E-state index in [0.29, 0.717) is 10.8 Å². The zero-order chi connectivity index (χ0) is 31.6. The van der Waals surface area contributed by atoms with Gasteiger partial charge >= 0.3 is 0 Å². The molecule has 2 rings (SSSR count). The summed E-state index contributed by atoms with van der Waals surface area (Å²) in [6.45, 7) is 23.0. The molecule has 0 aromatic carbocycles. The van der Waals surface area contributed by atoms with Gasteiger partial charge in [0, 0.05) is 0 Å². The first-order valence-electron chi connectivity index (χ1n) is 19.1. The number of hydrogen-bond donors (Lipinski definition) is 0. The Balaban J connectivity index is 0.00000924. The Bertz CT molecular complexity index is 684. The fourth-order valence-corrected chi connectivity index (χ4v) is 9.50. The molecule has 44 heavy (non-hydrogen) atoms. The summed E-state index contributed by atoms with van der Waals surface area (Å²) in [5.74, 6) is 3.67. The van der Waals surface area contributed by atoms with E-state index in [9.17, 15) is 0 Å². The van der Waals surface area contributed by atoms with Crippen molar-refractivity contribution in [3.63, 3.8) is 0 Å². The van der Waals surface area contributed by atoms with Gasteiger partial charge in [-0.1, -0.05) is 92.9 Å². The Morgan fingerprint density at radius 3 is 1.14 bits per heavy atom. The molecular formula is C40H82Br2N2. The van der Waals surface area contributed by atoms with E-state index in [-0.39, 0.29) is 34.0 Å². The van der Waals surface area contributed by atoms with E-state index < -0.39 is 0 Å². The van der Waals surface area contributed by atoms with E-state index in [1.165, 1.54) is 138 Å². The maximum atomic E-state index is 2.54. The molecule has 266 valence electrons. The molecule has 6 unspecified atom stereocenters. The van der Waals surface area contributed by atoms with Crippen LogP contribution in [0.3, 0.4) is 0 Å². The van der Waals surface area contributed by atoms with Gasteiger partial charge in [0.05, 0.1) is 53.4 Å². The number of rotatable bonds is 19. The molecule has 0 aromatic heterocycles. The number of halogens is 2. The van der Waals surface area contributed by atoms with Crippen LogP contribution in [-0.2, 0) is 0 Å². The van der Waals surface area contributed by atoms with Crippen LogP contribution in [0.15, 0.2) is 0 Å². The minimum Gasteiger partial charge on any atom is -1.00 e. The third kappa shape index (κ3) is 14.6. The number of hydrogen-bond acceptors (Lipinski definition) is 0. The van der Waals surface area contributed by atoms with Crippen LogP contribution in [0, 0.1) is 34.5 Å². The molecule has 2 nitrogen and oxygen atoms in total. The molecule has 0 aliphatic heterocycles. The molecule has 0 spiro atoms. The van der Waals surface area contributed by atoms with E-state index in [1.807, 2.05) is 0 Å². The third-order valence-electron chi connectivity index (χ3n) is 13.7. The van der Waals surface area contributed by atoms with Gasteiger partial charge < -0.3 is 42.9 Å². The number of nitrogens with zero attached hydrogens (tertiary/aromatic N) is 2. The van der Waals surface area contributed by atoms with Crippen molar-refractivity contribution in [2.75, 3.05) is 41.3 Å². The molecule has 2 fully saturated rings. The highest BCUT2D eigenvalue weighted by Crippen LogP contribution is 2.47. The molecular weight excluding hydrogens is 668 g/mol. The van der Waals surface area contributed by atoms with Gasteiger partial charge in [-0.2, -0.15) is 0 Å². The normalized spacial score (nSPS) is 26.7. The summed E-state index contributed by atoms with van der Waals surface area (Å²) in [5.41, 5.74) is 1.10. The lowest BCUT2D eigenvalue weighted by Crippen LogP contribution is -3.00. The van der Waals surface area contributed by atoms with Crippen LogP contribution in [0.2, 0.25) is 0 Å². The predicted molar refractivity (Wildman–Crippen MR) is 189 cm³/mol. The molecule has 2 aliphatic rings. The maximum Gasteiger partial charge on any atom is 0.0857 e. The van der Waals surface area contributed by atoms with Gasteiger partial charge in [0.15, 0.2) is 0 Å². The summed E-state index contributed by atoms with van der Waals surface area (Å²) >= 11 is 0. The second-order valence-electron chi connectivity index (χ2n) is 18.6. The Labute approximate surface area is 300 Å². The van der Waals surface area contributed by atoms with Crippen LogP contribution < -0.4 is 34.0 Å². The van der Waals surface area contributed by atoms with E-state index in [0.717, 1.165) is 35.8 Å². The van der Waals surface area contributed by atoms with Gasteiger partial charge in [-0.25, -0.2) is 0 Å². The van der Waals surface area contributed by atoms with Crippen LogP contribution in [-0.4, -0.2) is 62.3 Å². The topological polar surface area (TPSA) is 0 Å². The van der Waals surface area contributed by atoms with Crippen molar-refractivity contribution in [2.24, 2.45) is 34.5 Å². The summed E-state index contributed by atoms with van der Waals surface area (Å²) in [4.78, 5) is 0. The van der Waals surface area contributed by atoms with E-state index in [1.54, 1.807) is 0 Å². The van der Waals surface area contributed by atoms with Crippen molar-refractivity contribution in [2.45, 2.75) is 183 Å². The monoisotopic (exact) mass is 748 g/mol. The fraction of sp³-hybridized carbons (Fsp3) is 1.00. The Kier molecular flexibility index (Phi) is 20.8. The quantitative estimate of drug-likeness (QED) is 0.121. The molecule has 2 aliphatic carbocycles. The second-order valence-corrected chi connectivity index (χ2v) is 18.6. The van der Waals surface area contributed by atoms with Crippen molar-refractivity contribution >= 4 is 0 Å². The van der Waals surface area contributed by atoms with Crippen molar-refractivity contribution < 1.29 is 42.9 Å². The third-order valence-corrected chi connectivity index (χ3v) is 13.7. The zero-order valence-corrected chi connectivity index (χ0v) is 35.4. The molecule has 0 bridgehead atoms. The standard InChI is InChI=1S/C40H82N2.2BrH/c1-33-23-21-29-39(5,6)37(33)27-25-35(3)41(9,10)31-19-17-15-13-14-16-18-20-32-42(11,12)36(4)26-28-38-34(2)24-22-30-40(38,7)8;;/h33-38H,13-32H2,1-12H3;2*1H/q+2;;/p-2. The predicted octanol–water partition coefficient (Wildman–Crippen LogP) is 5.53. The van der Waals surface area contributed by atoms with E-state index >= 15 is 0 Å². The van der Waals surface area contributed by atoms with Crippen molar-refractivity contribution in [1.82, 2.24) is 0 Å². The minimum atomic E-state index is 0. The van der Waals surface area contributed by atoms with Crippen LogP contribution in [0.4, 0.5) is 0 Å². The molecule has 2 saturated carbocycles. The smallest absolute Gasteiger partial charge is 0.0857 e. The van der Waals surface area contributed by atoms with E-state index in [2.05, 4.69) is 83.6 Å². The number of unbranched alkanes of at least 4 members (excludes halogenated alkanes) is 7. The van der Waals surface area contributed by atoms with Gasteiger partial charge in [0.1, 0.15) is 0 Å². The fourth-order valence-electron chi connectivity index (χ4n) is 9.50. The lowest BCUT2D eigenvalue weighted by molar-refractivity contribution is -0.913. The van der Waals surface area contributed by atoms with Crippen LogP contribution in [0.5, 0.6) is 0 Å². The van der Waals surface area contributed by atoms with Gasteiger partial charge in [-0.3, -0.25) is 0 Å². The first-order chi connectivity index (χ1) is 19.5. The lowest BCUT2D eigenvalue weighted by atomic mass is 9.62. The zero-order valence-electron chi connectivity index (χ0n) is 32.3. The first kappa shape index (κ1) is 44.9. The summed E-state index contributed by atoms with van der Waals surface area (Å²) in [6, 6.07) is 1.56. The molecule has 0 amide bonds. The Morgan fingerprint density at radius 1 is 0.545 bits per heavy atom. The highest BCUT2D eigenvalue weighted by molar-refractivity contribution is 4.87. The van der Waals surface area contributed by atoms with Crippen LogP contribution in [0.1, 0.15) is 171 Å². The molecule has 0 heterocycles. The largest absolute Gasteiger partial charge is 1.00 e. The molecule has 0 saturated heterocycles. The Hall–Kier alpha value is 0.880. The lowest BCUT2D eigenvalue weighted by Gasteiger charge is -2.44. The molecule has 6 atom stereocenters. The summed E-state index contributed by atoms with van der Waals surface area (Å²) < 4.78 is 2.43. The number of quaternary nitrogens is 2. The van der Waals surface area contributed by atoms with Crippen LogP contribution in [0.25, 0.3) is 0 Å². The SMILES string of the molecule is CC1CCCC(C)(C)C1CCC(C)[N+](C)(C)CCCCCCCCCC[N+](C)(C)C(C)CCC1C(C)CCCC1(C)C.[Br-].[Br-]. The Morgan fingerprint density at radius 2 is 0.841 bits per heavy atom. The average molecular weight is 751 g/mol. The van der Waals surface area contributed by atoms with E-state index in [4.69, 9.17) is 0 Å². The van der Waals surface area contributed by atoms with Crippen molar-refractivity contribution in [3.05, 3.63) is 0 Å². The minimum absolute atomic E-state index is 0. The average Bonchev–Trinajstić information content (AvgIpc) is 2.88. The molecule has 0 N–H and O–H groups in total. The summed E-state index contributed by atoms with van der Waals surface area (Å²) in [6.07, 6.45) is 25.8. The van der Waals surface area contributed by atoms with Gasteiger partial charge in [-0.15, -0.1) is 0 Å². The van der Waals surface area contributed by atoms with Gasteiger partial charge in [-0.05, 0) is 113 Å².